The summed E-state index contributed by atoms with van der Waals surface area (Å²) in [5.41, 5.74) is 0. The molecule has 166 valence electrons. The van der Waals surface area contributed by atoms with E-state index in [4.69, 9.17) is 4.99 Å². The Morgan fingerprint density at radius 3 is 2.37 bits per heavy atom. The summed E-state index contributed by atoms with van der Waals surface area (Å²) in [6, 6.07) is 9.49. The van der Waals surface area contributed by atoms with Crippen molar-refractivity contribution in [3.05, 3.63) is 30.3 Å². The van der Waals surface area contributed by atoms with Gasteiger partial charge in [-0.05, 0) is 38.8 Å². The van der Waals surface area contributed by atoms with Gasteiger partial charge in [-0.2, -0.15) is 0 Å². The third-order valence-corrected chi connectivity index (χ3v) is 7.17. The number of hydrogen-bond donors (Lipinski definition) is 1. The fourth-order valence-electron chi connectivity index (χ4n) is 4.03. The molecule has 1 aromatic rings. The van der Waals surface area contributed by atoms with Crippen molar-refractivity contribution in [3.63, 3.8) is 0 Å². The SMILES string of the molecule is CCNC(=NCCS(=O)c1ccccc1)N1CCN(C(C)C(=O)N2CCCC2)CC1. The maximum absolute atomic E-state index is 12.7. The van der Waals surface area contributed by atoms with E-state index in [1.165, 1.54) is 0 Å². The van der Waals surface area contributed by atoms with E-state index in [2.05, 4.69) is 22.0 Å². The molecule has 0 bridgehead atoms. The molecule has 0 saturated carbocycles. The van der Waals surface area contributed by atoms with Gasteiger partial charge in [0.2, 0.25) is 5.91 Å². The quantitative estimate of drug-likeness (QED) is 0.520. The van der Waals surface area contributed by atoms with Gasteiger partial charge >= 0.3 is 0 Å². The minimum absolute atomic E-state index is 0.0573. The second-order valence-electron chi connectivity index (χ2n) is 7.83. The molecule has 2 aliphatic rings. The van der Waals surface area contributed by atoms with Crippen LogP contribution in [0.15, 0.2) is 40.2 Å². The first-order valence-electron chi connectivity index (χ1n) is 11.1. The Bertz CT molecular complexity index is 728. The number of hydrogen-bond acceptors (Lipinski definition) is 4. The van der Waals surface area contributed by atoms with Crippen molar-refractivity contribution in [1.29, 1.82) is 0 Å². The Labute approximate surface area is 183 Å². The van der Waals surface area contributed by atoms with Crippen LogP contribution in [0.25, 0.3) is 0 Å². The molecule has 2 aliphatic heterocycles. The lowest BCUT2D eigenvalue weighted by Gasteiger charge is -2.39. The van der Waals surface area contributed by atoms with Gasteiger partial charge < -0.3 is 15.1 Å². The summed E-state index contributed by atoms with van der Waals surface area (Å²) in [5, 5.41) is 3.36. The molecule has 2 saturated heterocycles. The second kappa shape index (κ2) is 11.5. The summed E-state index contributed by atoms with van der Waals surface area (Å²) < 4.78 is 12.4. The number of aliphatic imine (C=N–C) groups is 1. The van der Waals surface area contributed by atoms with Gasteiger partial charge in [0.25, 0.3) is 0 Å². The van der Waals surface area contributed by atoms with Gasteiger partial charge in [-0.3, -0.25) is 18.9 Å². The molecule has 2 atom stereocenters. The fourth-order valence-corrected chi connectivity index (χ4v) is 4.98. The number of nitrogens with one attached hydrogen (secondary N) is 1. The zero-order valence-corrected chi connectivity index (χ0v) is 19.1. The molecule has 2 heterocycles. The highest BCUT2D eigenvalue weighted by Crippen LogP contribution is 2.14. The number of guanidine groups is 1. The van der Waals surface area contributed by atoms with Gasteiger partial charge in [0.15, 0.2) is 5.96 Å². The number of carbonyl (C=O) groups is 1. The van der Waals surface area contributed by atoms with Crippen molar-refractivity contribution >= 4 is 22.7 Å². The maximum atomic E-state index is 12.7. The number of nitrogens with zero attached hydrogens (tertiary/aromatic N) is 4. The summed E-state index contributed by atoms with van der Waals surface area (Å²) in [6.07, 6.45) is 2.26. The van der Waals surface area contributed by atoms with Crippen LogP contribution in [0, 0.1) is 0 Å². The fraction of sp³-hybridized carbons (Fsp3) is 0.636. The number of piperazine rings is 1. The van der Waals surface area contributed by atoms with Crippen LogP contribution in [0.3, 0.4) is 0 Å². The normalized spacial score (nSPS) is 20.3. The highest BCUT2D eigenvalue weighted by Gasteiger charge is 2.30. The molecule has 8 heteroatoms. The van der Waals surface area contributed by atoms with Gasteiger partial charge in [-0.1, -0.05) is 18.2 Å². The van der Waals surface area contributed by atoms with Gasteiger partial charge in [0.1, 0.15) is 0 Å². The molecule has 0 radical (unpaired) electrons. The smallest absolute Gasteiger partial charge is 0.239 e. The highest BCUT2D eigenvalue weighted by atomic mass is 32.2. The third kappa shape index (κ3) is 6.04. The minimum Gasteiger partial charge on any atom is -0.357 e. The van der Waals surface area contributed by atoms with Gasteiger partial charge in [-0.25, -0.2) is 0 Å². The van der Waals surface area contributed by atoms with E-state index in [0.29, 0.717) is 12.3 Å². The third-order valence-electron chi connectivity index (χ3n) is 5.82. The van der Waals surface area contributed by atoms with Crippen LogP contribution >= 0.6 is 0 Å². The van der Waals surface area contributed by atoms with Crippen LogP contribution in [0.1, 0.15) is 26.7 Å². The average molecular weight is 434 g/mol. The summed E-state index contributed by atoms with van der Waals surface area (Å²) >= 11 is 0. The number of benzene rings is 1. The Hall–Kier alpha value is -1.93. The number of carbonyl (C=O) groups excluding carboxylic acids is 1. The average Bonchev–Trinajstić information content (AvgIpc) is 3.33. The van der Waals surface area contributed by atoms with E-state index in [9.17, 15) is 9.00 Å². The zero-order valence-electron chi connectivity index (χ0n) is 18.3. The molecule has 0 aromatic heterocycles. The van der Waals surface area contributed by atoms with Crippen molar-refractivity contribution in [2.45, 2.75) is 37.6 Å². The summed E-state index contributed by atoms with van der Waals surface area (Å²) in [6.45, 7) is 10.6. The van der Waals surface area contributed by atoms with Crippen LogP contribution in [-0.2, 0) is 15.6 Å². The standard InChI is InChI=1S/C22H35N5O2S/c1-3-23-22(24-11-18-30(29)20-9-5-4-6-10-20)27-16-14-25(15-17-27)19(2)21(28)26-12-7-8-13-26/h4-6,9-10,19H,3,7-8,11-18H2,1-2H3,(H,23,24). The van der Waals surface area contributed by atoms with E-state index in [1.54, 1.807) is 0 Å². The summed E-state index contributed by atoms with van der Waals surface area (Å²) in [5.74, 6) is 1.66. The van der Waals surface area contributed by atoms with E-state index in [-0.39, 0.29) is 11.9 Å². The molecule has 2 fully saturated rings. The van der Waals surface area contributed by atoms with Crippen LogP contribution in [0.5, 0.6) is 0 Å². The molecule has 3 rings (SSSR count). The van der Waals surface area contributed by atoms with E-state index in [0.717, 1.165) is 69.5 Å². The van der Waals surface area contributed by atoms with Crippen molar-refractivity contribution in [2.75, 3.05) is 58.1 Å². The molecule has 1 aromatic carbocycles. The summed E-state index contributed by atoms with van der Waals surface area (Å²) in [4.78, 5) is 24.8. The Morgan fingerprint density at radius 1 is 1.07 bits per heavy atom. The molecular weight excluding hydrogens is 398 g/mol. The molecule has 1 N–H and O–H groups in total. The van der Waals surface area contributed by atoms with E-state index < -0.39 is 10.8 Å². The minimum atomic E-state index is -1.03. The van der Waals surface area contributed by atoms with Gasteiger partial charge in [-0.15, -0.1) is 0 Å². The summed E-state index contributed by atoms with van der Waals surface area (Å²) in [7, 11) is -1.03. The zero-order chi connectivity index (χ0) is 21.3. The topological polar surface area (TPSA) is 68.2 Å². The monoisotopic (exact) mass is 433 g/mol. The van der Waals surface area contributed by atoms with Gasteiger partial charge in [0, 0.05) is 56.5 Å². The maximum Gasteiger partial charge on any atom is 0.239 e. The lowest BCUT2D eigenvalue weighted by Crippen LogP contribution is -2.57. The second-order valence-corrected chi connectivity index (χ2v) is 9.40. The van der Waals surface area contributed by atoms with Crippen LogP contribution in [0.4, 0.5) is 0 Å². The predicted molar refractivity (Wildman–Crippen MR) is 122 cm³/mol. The lowest BCUT2D eigenvalue weighted by atomic mass is 10.2. The van der Waals surface area contributed by atoms with Crippen LogP contribution < -0.4 is 5.32 Å². The van der Waals surface area contributed by atoms with Crippen molar-refractivity contribution in [3.8, 4) is 0 Å². The molecule has 7 nitrogen and oxygen atoms in total. The van der Waals surface area contributed by atoms with E-state index >= 15 is 0 Å². The lowest BCUT2D eigenvalue weighted by molar-refractivity contribution is -0.135. The van der Waals surface area contributed by atoms with Crippen molar-refractivity contribution in [2.24, 2.45) is 4.99 Å². The number of rotatable bonds is 7. The first kappa shape index (κ1) is 22.7. The first-order chi connectivity index (χ1) is 14.6. The molecule has 1 amide bonds. The highest BCUT2D eigenvalue weighted by molar-refractivity contribution is 7.85. The Kier molecular flexibility index (Phi) is 8.69. The molecule has 2 unspecified atom stereocenters. The van der Waals surface area contributed by atoms with Crippen LogP contribution in [-0.4, -0.2) is 94.9 Å². The Balaban J connectivity index is 1.50. The van der Waals surface area contributed by atoms with Gasteiger partial charge in [0.05, 0.1) is 23.4 Å². The van der Waals surface area contributed by atoms with E-state index in [1.807, 2.05) is 42.2 Å². The Morgan fingerprint density at radius 2 is 1.73 bits per heavy atom. The molecule has 30 heavy (non-hydrogen) atoms. The number of likely N-dealkylation sites (tertiary alicyclic amines) is 1. The first-order valence-corrected chi connectivity index (χ1v) is 12.4. The van der Waals surface area contributed by atoms with Crippen molar-refractivity contribution in [1.82, 2.24) is 20.0 Å². The van der Waals surface area contributed by atoms with Crippen LogP contribution in [0.2, 0.25) is 0 Å². The predicted octanol–water partition coefficient (Wildman–Crippen LogP) is 1.39. The number of amides is 1. The molecular formula is C22H35N5O2S. The molecule has 0 spiro atoms. The molecule has 0 aliphatic carbocycles. The largest absolute Gasteiger partial charge is 0.357 e. The van der Waals surface area contributed by atoms with Crippen molar-refractivity contribution < 1.29 is 9.00 Å².